The van der Waals surface area contributed by atoms with Crippen LogP contribution in [0, 0.1) is 5.92 Å². The summed E-state index contributed by atoms with van der Waals surface area (Å²) in [5.41, 5.74) is 6.40. The van der Waals surface area contributed by atoms with E-state index < -0.39 is 11.8 Å². The Bertz CT molecular complexity index is 1380. The number of unbranched alkanes of at least 4 members (excludes halogenated alkanes) is 1. The molecule has 0 bridgehead atoms. The number of nitrogens with zero attached hydrogens (tertiary/aromatic N) is 2. The third-order valence-electron chi connectivity index (χ3n) is 7.55. The Hall–Kier alpha value is -4.03. The largest absolute Gasteiger partial charge is 0.317 e. The molecule has 1 fully saturated rings. The number of benzene rings is 3. The van der Waals surface area contributed by atoms with Gasteiger partial charge >= 0.3 is 0 Å². The molecule has 2 N–H and O–H groups in total. The van der Waals surface area contributed by atoms with Gasteiger partial charge in [-0.15, -0.1) is 0 Å². The van der Waals surface area contributed by atoms with Crippen molar-refractivity contribution in [1.29, 1.82) is 0 Å². The van der Waals surface area contributed by atoms with E-state index in [4.69, 9.17) is 0 Å². The quantitative estimate of drug-likeness (QED) is 0.266. The van der Waals surface area contributed by atoms with Crippen molar-refractivity contribution in [3.05, 3.63) is 108 Å². The molecule has 1 aliphatic heterocycles. The van der Waals surface area contributed by atoms with Crippen LogP contribution in [-0.4, -0.2) is 34.5 Å². The number of carbonyl (C=O) groups excluding carboxylic acids is 2. The van der Waals surface area contributed by atoms with Gasteiger partial charge in [-0.25, -0.2) is 4.98 Å². The van der Waals surface area contributed by atoms with Crippen molar-refractivity contribution in [2.75, 3.05) is 13.1 Å². The van der Waals surface area contributed by atoms with Crippen molar-refractivity contribution >= 4 is 11.8 Å². The number of imidazole rings is 1. The Labute approximate surface area is 230 Å². The molecule has 4 aromatic rings. The molecule has 1 aliphatic rings. The Balaban J connectivity index is 1.22. The number of aromatic nitrogens is 2. The molecule has 0 radical (unpaired) electrons. The number of aryl methyl sites for hydroxylation is 1. The number of imide groups is 1. The van der Waals surface area contributed by atoms with Crippen LogP contribution in [0.15, 0.2) is 85.3 Å². The van der Waals surface area contributed by atoms with E-state index in [2.05, 4.69) is 46.8 Å². The van der Waals surface area contributed by atoms with E-state index in [0.29, 0.717) is 17.2 Å². The van der Waals surface area contributed by atoms with Crippen molar-refractivity contribution in [3.8, 4) is 16.8 Å². The summed E-state index contributed by atoms with van der Waals surface area (Å²) in [6.45, 7) is 4.35. The SMILES string of the molecule is CCCCc1ccc(-c2ccc(-n3cncc3C(=O)NC(=O)c3ccc(CC4CCNCC4)cc3)cc2)cc1. The smallest absolute Gasteiger partial charge is 0.276 e. The van der Waals surface area contributed by atoms with Gasteiger partial charge in [0.25, 0.3) is 11.8 Å². The zero-order valence-corrected chi connectivity index (χ0v) is 22.5. The normalized spacial score (nSPS) is 13.8. The van der Waals surface area contributed by atoms with Gasteiger partial charge in [0, 0.05) is 11.3 Å². The number of hydrogen-bond acceptors (Lipinski definition) is 4. The fraction of sp³-hybridized carbons (Fsp3) is 0.303. The molecule has 2 amide bonds. The molecule has 0 saturated carbocycles. The maximum Gasteiger partial charge on any atom is 0.276 e. The summed E-state index contributed by atoms with van der Waals surface area (Å²) >= 11 is 0. The number of carbonyl (C=O) groups is 2. The van der Waals surface area contributed by atoms with E-state index in [1.54, 1.807) is 23.0 Å². The minimum absolute atomic E-state index is 0.305. The van der Waals surface area contributed by atoms with Crippen LogP contribution in [0.3, 0.4) is 0 Å². The van der Waals surface area contributed by atoms with Crippen molar-refractivity contribution in [3.63, 3.8) is 0 Å². The first-order valence-corrected chi connectivity index (χ1v) is 14.0. The van der Waals surface area contributed by atoms with E-state index in [1.165, 1.54) is 43.0 Å². The fourth-order valence-electron chi connectivity index (χ4n) is 5.18. The Kier molecular flexibility index (Phi) is 8.64. The lowest BCUT2D eigenvalue weighted by Gasteiger charge is -2.22. The number of hydrogen-bond donors (Lipinski definition) is 2. The van der Waals surface area contributed by atoms with Crippen LogP contribution in [0.1, 0.15) is 64.6 Å². The average molecular weight is 521 g/mol. The van der Waals surface area contributed by atoms with Crippen LogP contribution >= 0.6 is 0 Å². The maximum absolute atomic E-state index is 13.0. The summed E-state index contributed by atoms with van der Waals surface area (Å²) in [5.74, 6) is -0.222. The Morgan fingerprint density at radius 1 is 0.872 bits per heavy atom. The predicted octanol–water partition coefficient (Wildman–Crippen LogP) is 5.99. The van der Waals surface area contributed by atoms with E-state index in [0.717, 1.165) is 42.7 Å². The average Bonchev–Trinajstić information content (AvgIpc) is 3.48. The highest BCUT2D eigenvalue weighted by Crippen LogP contribution is 2.23. The first kappa shape index (κ1) is 26.6. The molecule has 39 heavy (non-hydrogen) atoms. The van der Waals surface area contributed by atoms with E-state index in [9.17, 15) is 9.59 Å². The van der Waals surface area contributed by atoms with Gasteiger partial charge in [-0.1, -0.05) is 61.9 Å². The molecule has 1 saturated heterocycles. The molecular formula is C33H36N4O2. The molecule has 5 rings (SSSR count). The molecule has 2 heterocycles. The molecule has 1 aromatic heterocycles. The van der Waals surface area contributed by atoms with E-state index in [1.807, 2.05) is 36.4 Å². The van der Waals surface area contributed by atoms with E-state index in [-0.39, 0.29) is 0 Å². The third kappa shape index (κ3) is 6.70. The van der Waals surface area contributed by atoms with Crippen LogP contribution in [-0.2, 0) is 12.8 Å². The lowest BCUT2D eigenvalue weighted by Crippen LogP contribution is -2.31. The minimum Gasteiger partial charge on any atom is -0.317 e. The highest BCUT2D eigenvalue weighted by Gasteiger charge is 2.18. The third-order valence-corrected chi connectivity index (χ3v) is 7.55. The topological polar surface area (TPSA) is 76.0 Å². The van der Waals surface area contributed by atoms with Crippen LogP contribution in [0.4, 0.5) is 0 Å². The monoisotopic (exact) mass is 520 g/mol. The summed E-state index contributed by atoms with van der Waals surface area (Å²) < 4.78 is 1.70. The summed E-state index contributed by atoms with van der Waals surface area (Å²) in [4.78, 5) is 30.0. The van der Waals surface area contributed by atoms with Gasteiger partial charge in [0.05, 0.1) is 12.5 Å². The number of amides is 2. The van der Waals surface area contributed by atoms with Crippen molar-refractivity contribution in [2.45, 2.75) is 45.4 Å². The first-order valence-electron chi connectivity index (χ1n) is 14.0. The van der Waals surface area contributed by atoms with Crippen LogP contribution in [0.5, 0.6) is 0 Å². The second-order valence-electron chi connectivity index (χ2n) is 10.4. The van der Waals surface area contributed by atoms with Gasteiger partial charge < -0.3 is 5.32 Å². The molecule has 0 aliphatic carbocycles. The molecule has 0 atom stereocenters. The zero-order valence-electron chi connectivity index (χ0n) is 22.5. The second-order valence-corrected chi connectivity index (χ2v) is 10.4. The van der Waals surface area contributed by atoms with Gasteiger partial charge in [-0.2, -0.15) is 0 Å². The summed E-state index contributed by atoms with van der Waals surface area (Å²) in [5, 5.41) is 5.91. The van der Waals surface area contributed by atoms with Crippen molar-refractivity contribution in [1.82, 2.24) is 20.2 Å². The lowest BCUT2D eigenvalue weighted by atomic mass is 9.91. The Morgan fingerprint density at radius 2 is 1.51 bits per heavy atom. The van der Waals surface area contributed by atoms with Gasteiger partial charge in [0.1, 0.15) is 5.69 Å². The molecule has 3 aromatic carbocycles. The fourth-order valence-corrected chi connectivity index (χ4v) is 5.18. The van der Waals surface area contributed by atoms with Crippen LogP contribution < -0.4 is 10.6 Å². The highest BCUT2D eigenvalue weighted by atomic mass is 16.2. The predicted molar refractivity (Wildman–Crippen MR) is 155 cm³/mol. The van der Waals surface area contributed by atoms with Crippen molar-refractivity contribution in [2.24, 2.45) is 5.92 Å². The molecule has 0 unspecified atom stereocenters. The number of rotatable bonds is 9. The van der Waals surface area contributed by atoms with Gasteiger partial charge in [-0.3, -0.25) is 19.5 Å². The van der Waals surface area contributed by atoms with Gasteiger partial charge in [0.15, 0.2) is 0 Å². The molecule has 6 nitrogen and oxygen atoms in total. The van der Waals surface area contributed by atoms with Crippen LogP contribution in [0.25, 0.3) is 16.8 Å². The highest BCUT2D eigenvalue weighted by molar-refractivity contribution is 6.09. The zero-order chi connectivity index (χ0) is 27.0. The number of nitrogens with one attached hydrogen (secondary N) is 2. The Morgan fingerprint density at radius 3 is 2.18 bits per heavy atom. The molecule has 6 heteroatoms. The molecular weight excluding hydrogens is 484 g/mol. The van der Waals surface area contributed by atoms with Crippen molar-refractivity contribution < 1.29 is 9.59 Å². The van der Waals surface area contributed by atoms with Gasteiger partial charge in [0.2, 0.25) is 0 Å². The molecule has 200 valence electrons. The minimum atomic E-state index is -0.483. The number of piperidine rings is 1. The summed E-state index contributed by atoms with van der Waals surface area (Å²) in [6, 6.07) is 24.3. The lowest BCUT2D eigenvalue weighted by molar-refractivity contribution is 0.0845. The van der Waals surface area contributed by atoms with Gasteiger partial charge in [-0.05, 0) is 97.6 Å². The standard InChI is InChI=1S/C33H36N4O2/c1-2-3-4-24-5-9-27(10-6-24)28-13-15-30(16-14-28)37-23-35-22-31(37)33(39)36-32(38)29-11-7-25(8-12-29)21-26-17-19-34-20-18-26/h5-16,22-23,26,34H,2-4,17-21H2,1H3,(H,36,38,39). The summed E-state index contributed by atoms with van der Waals surface area (Å²) in [7, 11) is 0. The van der Waals surface area contributed by atoms with E-state index >= 15 is 0 Å². The summed E-state index contributed by atoms with van der Waals surface area (Å²) in [6.07, 6.45) is 9.94. The maximum atomic E-state index is 13.0. The second kappa shape index (κ2) is 12.7. The molecule has 0 spiro atoms. The van der Waals surface area contributed by atoms with Crippen LogP contribution in [0.2, 0.25) is 0 Å². The first-order chi connectivity index (χ1) is 19.1.